The standard InChI is InChI=1S/C19H26N4O/c1-19(2,3)23-17-6-4-5-16(15(17)12-22-23)21-11-13-7-9-14(10-8-13)18(20)24/h7-10,12,16,21H,4-6,11H2,1-3H3,(H2,20,24). The van der Waals surface area contributed by atoms with Crippen molar-refractivity contribution < 1.29 is 4.79 Å². The highest BCUT2D eigenvalue weighted by Crippen LogP contribution is 2.32. The Balaban J connectivity index is 1.71. The summed E-state index contributed by atoms with van der Waals surface area (Å²) < 4.78 is 2.16. The molecule has 1 aliphatic carbocycles. The third kappa shape index (κ3) is 3.36. The highest BCUT2D eigenvalue weighted by Gasteiger charge is 2.27. The number of hydrogen-bond donors (Lipinski definition) is 2. The van der Waals surface area contributed by atoms with Gasteiger partial charge in [-0.25, -0.2) is 0 Å². The van der Waals surface area contributed by atoms with E-state index in [0.29, 0.717) is 11.6 Å². The Morgan fingerprint density at radius 1 is 1.33 bits per heavy atom. The summed E-state index contributed by atoms with van der Waals surface area (Å²) in [5.41, 5.74) is 9.67. The van der Waals surface area contributed by atoms with Crippen LogP contribution in [0.3, 0.4) is 0 Å². The van der Waals surface area contributed by atoms with Crippen LogP contribution in [0.5, 0.6) is 0 Å². The maximum Gasteiger partial charge on any atom is 0.248 e. The van der Waals surface area contributed by atoms with Gasteiger partial charge in [-0.15, -0.1) is 0 Å². The van der Waals surface area contributed by atoms with Gasteiger partial charge >= 0.3 is 0 Å². The second-order valence-electron chi connectivity index (χ2n) is 7.52. The van der Waals surface area contributed by atoms with Crippen molar-refractivity contribution in [2.45, 2.75) is 58.2 Å². The van der Waals surface area contributed by atoms with Gasteiger partial charge in [0.25, 0.3) is 0 Å². The maximum atomic E-state index is 11.1. The van der Waals surface area contributed by atoms with Crippen molar-refractivity contribution in [2.75, 3.05) is 0 Å². The first kappa shape index (κ1) is 16.7. The van der Waals surface area contributed by atoms with E-state index in [9.17, 15) is 4.79 Å². The minimum atomic E-state index is -0.388. The lowest BCUT2D eigenvalue weighted by molar-refractivity contribution is 0.100. The second-order valence-corrected chi connectivity index (χ2v) is 7.52. The third-order valence-electron chi connectivity index (χ3n) is 4.61. The van der Waals surface area contributed by atoms with E-state index >= 15 is 0 Å². The monoisotopic (exact) mass is 326 g/mol. The first-order valence-corrected chi connectivity index (χ1v) is 8.55. The first-order chi connectivity index (χ1) is 11.4. The fourth-order valence-corrected chi connectivity index (χ4v) is 3.37. The van der Waals surface area contributed by atoms with Crippen LogP contribution in [0, 0.1) is 0 Å². The number of benzene rings is 1. The van der Waals surface area contributed by atoms with Crippen molar-refractivity contribution in [3.05, 3.63) is 52.8 Å². The van der Waals surface area contributed by atoms with Crippen molar-refractivity contribution in [1.29, 1.82) is 0 Å². The van der Waals surface area contributed by atoms with E-state index in [-0.39, 0.29) is 11.4 Å². The average molecular weight is 326 g/mol. The lowest BCUT2D eigenvalue weighted by atomic mass is 9.92. The van der Waals surface area contributed by atoms with E-state index in [1.165, 1.54) is 17.7 Å². The molecule has 2 aromatic rings. The molecule has 5 nitrogen and oxygen atoms in total. The van der Waals surface area contributed by atoms with E-state index in [1.807, 2.05) is 18.3 Å². The normalized spacial score (nSPS) is 17.5. The van der Waals surface area contributed by atoms with Crippen LogP contribution in [0.4, 0.5) is 0 Å². The summed E-state index contributed by atoms with van der Waals surface area (Å²) in [7, 11) is 0. The Bertz CT molecular complexity index is 725. The zero-order chi connectivity index (χ0) is 17.3. The van der Waals surface area contributed by atoms with Gasteiger partial charge in [0.2, 0.25) is 5.91 Å². The molecule has 0 bridgehead atoms. The van der Waals surface area contributed by atoms with Crippen molar-refractivity contribution in [3.8, 4) is 0 Å². The van der Waals surface area contributed by atoms with E-state index in [2.05, 4.69) is 35.9 Å². The highest BCUT2D eigenvalue weighted by molar-refractivity contribution is 5.92. The van der Waals surface area contributed by atoms with Gasteiger partial charge in [0.15, 0.2) is 0 Å². The molecule has 0 radical (unpaired) electrons. The van der Waals surface area contributed by atoms with Gasteiger partial charge in [-0.1, -0.05) is 12.1 Å². The van der Waals surface area contributed by atoms with E-state index in [0.717, 1.165) is 24.9 Å². The Morgan fingerprint density at radius 3 is 2.67 bits per heavy atom. The summed E-state index contributed by atoms with van der Waals surface area (Å²) in [5, 5.41) is 8.27. The number of carbonyl (C=O) groups is 1. The molecule has 1 unspecified atom stereocenters. The van der Waals surface area contributed by atoms with Crippen molar-refractivity contribution >= 4 is 5.91 Å². The molecule has 1 aromatic heterocycles. The lowest BCUT2D eigenvalue weighted by Crippen LogP contribution is -2.29. The Labute approximate surface area is 143 Å². The molecule has 1 atom stereocenters. The topological polar surface area (TPSA) is 72.9 Å². The van der Waals surface area contributed by atoms with Gasteiger partial charge in [0, 0.05) is 29.4 Å². The molecule has 1 amide bonds. The number of hydrogen-bond acceptors (Lipinski definition) is 3. The molecule has 0 saturated heterocycles. The zero-order valence-electron chi connectivity index (χ0n) is 14.7. The Morgan fingerprint density at radius 2 is 2.04 bits per heavy atom. The quantitative estimate of drug-likeness (QED) is 0.907. The number of rotatable bonds is 4. The summed E-state index contributed by atoms with van der Waals surface area (Å²) >= 11 is 0. The number of amides is 1. The Hall–Kier alpha value is -2.14. The highest BCUT2D eigenvalue weighted by atomic mass is 16.1. The molecule has 0 aliphatic heterocycles. The van der Waals surface area contributed by atoms with Crippen LogP contribution in [0.2, 0.25) is 0 Å². The van der Waals surface area contributed by atoms with Gasteiger partial charge < -0.3 is 11.1 Å². The molecule has 1 aromatic carbocycles. The molecule has 0 fully saturated rings. The van der Waals surface area contributed by atoms with Crippen LogP contribution >= 0.6 is 0 Å². The number of nitrogens with one attached hydrogen (secondary N) is 1. The first-order valence-electron chi connectivity index (χ1n) is 8.55. The molecule has 1 aliphatic rings. The van der Waals surface area contributed by atoms with Crippen molar-refractivity contribution in [2.24, 2.45) is 5.73 Å². The number of fused-ring (bicyclic) bond motifs is 1. The number of aromatic nitrogens is 2. The summed E-state index contributed by atoms with van der Waals surface area (Å²) in [5.74, 6) is -0.388. The number of primary amides is 1. The fourth-order valence-electron chi connectivity index (χ4n) is 3.37. The van der Waals surface area contributed by atoms with Crippen molar-refractivity contribution in [1.82, 2.24) is 15.1 Å². The van der Waals surface area contributed by atoms with Gasteiger partial charge in [0.05, 0.1) is 11.7 Å². The zero-order valence-corrected chi connectivity index (χ0v) is 14.7. The van der Waals surface area contributed by atoms with Crippen molar-refractivity contribution in [3.63, 3.8) is 0 Å². The van der Waals surface area contributed by atoms with Gasteiger partial charge in [0.1, 0.15) is 0 Å². The second kappa shape index (κ2) is 6.40. The molecule has 0 saturated carbocycles. The van der Waals surface area contributed by atoms with Crippen LogP contribution in [-0.2, 0) is 18.5 Å². The summed E-state index contributed by atoms with van der Waals surface area (Å²) in [6, 6.07) is 7.80. The van der Waals surface area contributed by atoms with Crippen LogP contribution in [0.15, 0.2) is 30.5 Å². The number of nitrogens with two attached hydrogens (primary N) is 1. The molecule has 3 rings (SSSR count). The van der Waals surface area contributed by atoms with E-state index in [1.54, 1.807) is 12.1 Å². The number of carbonyl (C=O) groups excluding carboxylic acids is 1. The minimum Gasteiger partial charge on any atom is -0.366 e. The summed E-state index contributed by atoms with van der Waals surface area (Å²) in [4.78, 5) is 11.1. The van der Waals surface area contributed by atoms with E-state index in [4.69, 9.17) is 5.73 Å². The molecular formula is C19H26N4O. The molecular weight excluding hydrogens is 300 g/mol. The lowest BCUT2D eigenvalue weighted by Gasteiger charge is -2.28. The predicted octanol–water partition coefficient (Wildman–Crippen LogP) is 2.90. The molecule has 0 spiro atoms. The summed E-state index contributed by atoms with van der Waals surface area (Å²) in [6.45, 7) is 7.34. The largest absolute Gasteiger partial charge is 0.366 e. The van der Waals surface area contributed by atoms with E-state index < -0.39 is 0 Å². The SMILES string of the molecule is CC(C)(C)n1ncc2c1CCCC2NCc1ccc(C(N)=O)cc1. The molecule has 1 heterocycles. The van der Waals surface area contributed by atoms with Gasteiger partial charge in [-0.3, -0.25) is 9.48 Å². The summed E-state index contributed by atoms with van der Waals surface area (Å²) in [6.07, 6.45) is 5.42. The fraction of sp³-hybridized carbons (Fsp3) is 0.474. The molecule has 24 heavy (non-hydrogen) atoms. The van der Waals surface area contributed by atoms with Crippen LogP contribution in [0.25, 0.3) is 0 Å². The van der Waals surface area contributed by atoms with Crippen LogP contribution in [0.1, 0.15) is 66.8 Å². The predicted molar refractivity (Wildman–Crippen MR) is 94.7 cm³/mol. The van der Waals surface area contributed by atoms with Gasteiger partial charge in [-0.2, -0.15) is 5.10 Å². The average Bonchev–Trinajstić information content (AvgIpc) is 2.98. The maximum absolute atomic E-state index is 11.1. The van der Waals surface area contributed by atoms with Gasteiger partial charge in [-0.05, 0) is 57.7 Å². The van der Waals surface area contributed by atoms with Crippen LogP contribution < -0.4 is 11.1 Å². The molecule has 5 heteroatoms. The smallest absolute Gasteiger partial charge is 0.248 e. The third-order valence-corrected chi connectivity index (χ3v) is 4.61. The minimum absolute atomic E-state index is 0.0140. The molecule has 128 valence electrons. The van der Waals surface area contributed by atoms with Crippen LogP contribution in [-0.4, -0.2) is 15.7 Å². The number of nitrogens with zero attached hydrogens (tertiary/aromatic N) is 2. The molecule has 3 N–H and O–H groups in total. The Kier molecular flexibility index (Phi) is 4.45.